The van der Waals surface area contributed by atoms with E-state index in [1.165, 1.54) is 0 Å². The van der Waals surface area contributed by atoms with Crippen molar-refractivity contribution in [2.45, 2.75) is 78.4 Å². The number of hydrogen-bond acceptors (Lipinski definition) is 5. The Labute approximate surface area is 175 Å². The second-order valence-electron chi connectivity index (χ2n) is 8.53. The van der Waals surface area contributed by atoms with E-state index in [0.29, 0.717) is 13.2 Å². The molecule has 0 radical (unpaired) electrons. The van der Waals surface area contributed by atoms with Crippen molar-refractivity contribution in [2.75, 3.05) is 33.3 Å². The van der Waals surface area contributed by atoms with Gasteiger partial charge in [0.25, 0.3) is 0 Å². The number of hydrogen-bond donors (Lipinski definition) is 2. The van der Waals surface area contributed by atoms with Gasteiger partial charge in [0.15, 0.2) is 5.96 Å². The van der Waals surface area contributed by atoms with Crippen LogP contribution in [0.3, 0.4) is 0 Å². The summed E-state index contributed by atoms with van der Waals surface area (Å²) in [6.45, 7) is 13.9. The molecule has 0 spiro atoms. The molecule has 0 aromatic rings. The van der Waals surface area contributed by atoms with Gasteiger partial charge in [-0.25, -0.2) is 4.79 Å². The maximum Gasteiger partial charge on any atom is 0.408 e. The van der Waals surface area contributed by atoms with Crippen molar-refractivity contribution in [3.05, 3.63) is 0 Å². The van der Waals surface area contributed by atoms with E-state index in [1.807, 2.05) is 27.7 Å². The molecule has 0 aliphatic carbocycles. The van der Waals surface area contributed by atoms with Crippen LogP contribution in [0.15, 0.2) is 4.99 Å². The lowest BCUT2D eigenvalue weighted by molar-refractivity contribution is -0.149. The van der Waals surface area contributed by atoms with Gasteiger partial charge in [-0.3, -0.25) is 9.79 Å². The van der Waals surface area contributed by atoms with Crippen LogP contribution in [0.25, 0.3) is 0 Å². The van der Waals surface area contributed by atoms with Gasteiger partial charge in [0.2, 0.25) is 0 Å². The number of esters is 1. The van der Waals surface area contributed by atoms with Crippen LogP contribution in [0.2, 0.25) is 0 Å². The zero-order valence-electron chi connectivity index (χ0n) is 19.3. The number of carbonyl (C=O) groups excluding carboxylic acids is 2. The lowest BCUT2D eigenvalue weighted by atomic mass is 9.93. The Hall–Kier alpha value is -1.99. The summed E-state index contributed by atoms with van der Waals surface area (Å²) in [6, 6.07) is 0. The second-order valence-corrected chi connectivity index (χ2v) is 8.53. The fourth-order valence-corrected chi connectivity index (χ4v) is 3.41. The van der Waals surface area contributed by atoms with Gasteiger partial charge in [0, 0.05) is 26.7 Å². The molecule has 1 rings (SSSR count). The summed E-state index contributed by atoms with van der Waals surface area (Å²) in [5.41, 5.74) is -0.967. The number of ether oxygens (including phenoxy) is 2. The van der Waals surface area contributed by atoms with Crippen LogP contribution in [0.4, 0.5) is 4.79 Å². The highest BCUT2D eigenvalue weighted by Crippen LogP contribution is 2.20. The summed E-state index contributed by atoms with van der Waals surface area (Å²) in [4.78, 5) is 30.8. The minimum Gasteiger partial charge on any atom is -0.466 e. The number of nitrogens with zero attached hydrogens (tertiary/aromatic N) is 2. The lowest BCUT2D eigenvalue weighted by Gasteiger charge is -2.37. The van der Waals surface area contributed by atoms with Crippen molar-refractivity contribution >= 4 is 18.0 Å². The molecule has 1 saturated heterocycles. The molecule has 0 bridgehead atoms. The minimum absolute atomic E-state index is 0.0384. The highest BCUT2D eigenvalue weighted by Gasteiger charge is 2.32. The molecule has 1 amide bonds. The molecule has 29 heavy (non-hydrogen) atoms. The van der Waals surface area contributed by atoms with Crippen molar-refractivity contribution in [1.29, 1.82) is 0 Å². The average molecular weight is 413 g/mol. The zero-order valence-corrected chi connectivity index (χ0v) is 19.3. The standard InChI is InChI=1S/C21H40N4O4/c1-8-21(9-2,24-19(27)29-20(4,5)6)15-23-18(22-7)25-13-11-16(12-14-25)17(26)28-10-3/h16H,8-15H2,1-7H3,(H,22,23)(H,24,27). The number of aliphatic imine (C=N–C) groups is 1. The molecular formula is C21H40N4O4. The molecule has 0 saturated carbocycles. The lowest BCUT2D eigenvalue weighted by Crippen LogP contribution is -2.58. The van der Waals surface area contributed by atoms with E-state index in [2.05, 4.69) is 34.4 Å². The van der Waals surface area contributed by atoms with E-state index < -0.39 is 17.2 Å². The number of likely N-dealkylation sites (tertiary alicyclic amines) is 1. The first kappa shape index (κ1) is 25.0. The Kier molecular flexibility index (Phi) is 9.73. The van der Waals surface area contributed by atoms with Gasteiger partial charge >= 0.3 is 12.1 Å². The number of guanidine groups is 1. The number of amides is 1. The summed E-state index contributed by atoms with van der Waals surface area (Å²) < 4.78 is 10.6. The van der Waals surface area contributed by atoms with Gasteiger partial charge in [0.05, 0.1) is 18.1 Å². The highest BCUT2D eigenvalue weighted by atomic mass is 16.6. The Bertz CT molecular complexity index is 560. The van der Waals surface area contributed by atoms with Gasteiger partial charge in [-0.05, 0) is 53.4 Å². The van der Waals surface area contributed by atoms with E-state index in [0.717, 1.165) is 44.7 Å². The Morgan fingerprint density at radius 3 is 2.14 bits per heavy atom. The van der Waals surface area contributed by atoms with Gasteiger partial charge in [0.1, 0.15) is 5.60 Å². The van der Waals surface area contributed by atoms with Crippen LogP contribution in [-0.4, -0.2) is 67.4 Å². The predicted octanol–water partition coefficient (Wildman–Crippen LogP) is 2.92. The second kappa shape index (κ2) is 11.3. The summed E-state index contributed by atoms with van der Waals surface area (Å²) in [5.74, 6) is 0.640. The number of alkyl carbamates (subject to hydrolysis) is 1. The Balaban J connectivity index is 2.66. The van der Waals surface area contributed by atoms with Crippen molar-refractivity contribution in [3.63, 3.8) is 0 Å². The van der Waals surface area contributed by atoms with Gasteiger partial charge < -0.3 is 25.0 Å². The quantitative estimate of drug-likeness (QED) is 0.379. The van der Waals surface area contributed by atoms with Crippen LogP contribution >= 0.6 is 0 Å². The first-order valence-corrected chi connectivity index (χ1v) is 10.7. The molecule has 0 atom stereocenters. The number of piperidine rings is 1. The molecular weight excluding hydrogens is 372 g/mol. The average Bonchev–Trinajstić information content (AvgIpc) is 2.66. The molecule has 168 valence electrons. The Morgan fingerprint density at radius 1 is 1.10 bits per heavy atom. The summed E-state index contributed by atoms with van der Waals surface area (Å²) in [5, 5.41) is 6.46. The number of rotatable bonds is 7. The van der Waals surface area contributed by atoms with Crippen LogP contribution in [0, 0.1) is 5.92 Å². The molecule has 1 aliphatic heterocycles. The zero-order chi connectivity index (χ0) is 22.1. The van der Waals surface area contributed by atoms with Gasteiger partial charge in [-0.15, -0.1) is 0 Å². The molecule has 8 heteroatoms. The van der Waals surface area contributed by atoms with E-state index in [-0.39, 0.29) is 11.9 Å². The predicted molar refractivity (Wildman–Crippen MR) is 115 cm³/mol. The third-order valence-corrected chi connectivity index (χ3v) is 5.33. The molecule has 1 heterocycles. The van der Waals surface area contributed by atoms with E-state index in [9.17, 15) is 9.59 Å². The summed E-state index contributed by atoms with van der Waals surface area (Å²) >= 11 is 0. The SMILES string of the molecule is CCOC(=O)C1CCN(C(=NC)NCC(CC)(CC)NC(=O)OC(C)(C)C)CC1. The first-order valence-electron chi connectivity index (χ1n) is 10.7. The summed E-state index contributed by atoms with van der Waals surface area (Å²) in [6.07, 6.45) is 2.62. The van der Waals surface area contributed by atoms with Gasteiger partial charge in [-0.2, -0.15) is 0 Å². The monoisotopic (exact) mass is 412 g/mol. The highest BCUT2D eigenvalue weighted by molar-refractivity contribution is 5.80. The fourth-order valence-electron chi connectivity index (χ4n) is 3.41. The molecule has 8 nitrogen and oxygen atoms in total. The van der Waals surface area contributed by atoms with Gasteiger partial charge in [-0.1, -0.05) is 13.8 Å². The normalized spacial score (nSPS) is 16.4. The third-order valence-electron chi connectivity index (χ3n) is 5.33. The first-order chi connectivity index (χ1) is 13.6. The largest absolute Gasteiger partial charge is 0.466 e. The van der Waals surface area contributed by atoms with E-state index in [4.69, 9.17) is 9.47 Å². The maximum absolute atomic E-state index is 12.3. The molecule has 2 N–H and O–H groups in total. The smallest absolute Gasteiger partial charge is 0.408 e. The maximum atomic E-state index is 12.3. The molecule has 1 aliphatic rings. The van der Waals surface area contributed by atoms with E-state index >= 15 is 0 Å². The van der Waals surface area contributed by atoms with E-state index in [1.54, 1.807) is 7.05 Å². The van der Waals surface area contributed by atoms with Crippen molar-refractivity contribution in [2.24, 2.45) is 10.9 Å². The molecule has 0 unspecified atom stereocenters. The van der Waals surface area contributed by atoms with Crippen molar-refractivity contribution in [1.82, 2.24) is 15.5 Å². The van der Waals surface area contributed by atoms with Crippen LogP contribution < -0.4 is 10.6 Å². The molecule has 0 aromatic carbocycles. The van der Waals surface area contributed by atoms with Crippen LogP contribution in [0.5, 0.6) is 0 Å². The minimum atomic E-state index is -0.538. The third kappa shape index (κ3) is 8.11. The molecule has 0 aromatic heterocycles. The summed E-state index contributed by atoms with van der Waals surface area (Å²) in [7, 11) is 1.75. The van der Waals surface area contributed by atoms with Crippen LogP contribution in [0.1, 0.15) is 67.2 Å². The van der Waals surface area contributed by atoms with Crippen LogP contribution in [-0.2, 0) is 14.3 Å². The number of carbonyl (C=O) groups is 2. The van der Waals surface area contributed by atoms with Crippen molar-refractivity contribution in [3.8, 4) is 0 Å². The topological polar surface area (TPSA) is 92.3 Å². The fraction of sp³-hybridized carbons (Fsp3) is 0.857. The molecule has 1 fully saturated rings. The number of nitrogens with one attached hydrogen (secondary N) is 2. The van der Waals surface area contributed by atoms with Crippen molar-refractivity contribution < 1.29 is 19.1 Å². The Morgan fingerprint density at radius 2 is 1.69 bits per heavy atom.